The van der Waals surface area contributed by atoms with Gasteiger partial charge in [0.2, 0.25) is 0 Å². The Hall–Kier alpha value is -1.69. The average molecular weight is 421 g/mol. The quantitative estimate of drug-likeness (QED) is 0.545. The molecule has 4 rings (SSSR count). The van der Waals surface area contributed by atoms with E-state index in [1.54, 1.807) is 4.90 Å². The maximum atomic E-state index is 13.8. The third-order valence-corrected chi connectivity index (χ3v) is 7.16. The van der Waals surface area contributed by atoms with Gasteiger partial charge in [-0.1, -0.05) is 39.5 Å². The molecule has 2 unspecified atom stereocenters. The number of benzene rings is 1. The van der Waals surface area contributed by atoms with Crippen LogP contribution in [-0.4, -0.2) is 42.6 Å². The molecule has 0 saturated carbocycles. The Morgan fingerprint density at radius 2 is 1.80 bits per heavy atom. The second-order valence-electron chi connectivity index (χ2n) is 9.55. The Labute approximate surface area is 178 Å². The minimum atomic E-state index is -0.951. The zero-order valence-corrected chi connectivity index (χ0v) is 18.2. The van der Waals surface area contributed by atoms with E-state index in [0.717, 1.165) is 24.6 Å². The lowest BCUT2D eigenvalue weighted by Gasteiger charge is -2.41. The summed E-state index contributed by atoms with van der Waals surface area (Å²) in [4.78, 5) is 16.7. The molecule has 2 fully saturated rings. The Morgan fingerprint density at radius 1 is 1.10 bits per heavy atom. The van der Waals surface area contributed by atoms with Gasteiger partial charge in [-0.05, 0) is 37.5 Å². The molecule has 4 atom stereocenters. The molecule has 0 N–H and O–H groups in total. The summed E-state index contributed by atoms with van der Waals surface area (Å²) in [5.74, 6) is -0.743. The lowest BCUT2D eigenvalue weighted by Crippen LogP contribution is -2.48. The van der Waals surface area contributed by atoms with Gasteiger partial charge in [0.05, 0.1) is 5.69 Å². The first-order valence-corrected chi connectivity index (χ1v) is 11.6. The zero-order valence-electron chi connectivity index (χ0n) is 18.2. The highest BCUT2D eigenvalue weighted by Gasteiger charge is 2.41. The number of ether oxygens (including phenoxy) is 1. The van der Waals surface area contributed by atoms with E-state index in [-0.39, 0.29) is 24.2 Å². The van der Waals surface area contributed by atoms with Crippen molar-refractivity contribution < 1.29 is 18.3 Å². The summed E-state index contributed by atoms with van der Waals surface area (Å²) < 4.78 is 32.7. The van der Waals surface area contributed by atoms with Crippen molar-refractivity contribution in [2.24, 2.45) is 11.8 Å². The van der Waals surface area contributed by atoms with E-state index in [0.29, 0.717) is 24.3 Å². The second-order valence-corrected chi connectivity index (χ2v) is 9.55. The molecular formula is C24H34F2N2O2. The minimum Gasteiger partial charge on any atom is -0.481 e. The molecule has 2 bridgehead atoms. The lowest BCUT2D eigenvalue weighted by molar-refractivity contribution is -0.121. The number of carbonyl (C=O) groups excluding carboxylic acids is 1. The Morgan fingerprint density at radius 3 is 2.50 bits per heavy atom. The number of nitrogens with zero attached hydrogens (tertiary/aromatic N) is 2. The number of halogens is 2. The molecule has 3 aliphatic rings. The van der Waals surface area contributed by atoms with E-state index in [9.17, 15) is 13.6 Å². The fraction of sp³-hybridized carbons (Fsp3) is 0.708. The topological polar surface area (TPSA) is 32.8 Å². The molecule has 0 aromatic heterocycles. The van der Waals surface area contributed by atoms with Crippen LogP contribution in [0.25, 0.3) is 0 Å². The fourth-order valence-corrected chi connectivity index (χ4v) is 5.73. The predicted molar refractivity (Wildman–Crippen MR) is 114 cm³/mol. The highest BCUT2D eigenvalue weighted by Crippen LogP contribution is 2.41. The molecule has 30 heavy (non-hydrogen) atoms. The maximum absolute atomic E-state index is 13.8. The van der Waals surface area contributed by atoms with Gasteiger partial charge in [-0.3, -0.25) is 9.69 Å². The molecule has 166 valence electrons. The van der Waals surface area contributed by atoms with Crippen LogP contribution in [-0.2, 0) is 4.79 Å². The van der Waals surface area contributed by atoms with Crippen LogP contribution in [0, 0.1) is 23.5 Å². The monoisotopic (exact) mass is 420 g/mol. The van der Waals surface area contributed by atoms with E-state index in [2.05, 4.69) is 18.7 Å². The van der Waals surface area contributed by atoms with Crippen molar-refractivity contribution in [2.45, 2.75) is 77.3 Å². The van der Waals surface area contributed by atoms with Gasteiger partial charge >= 0.3 is 0 Å². The summed E-state index contributed by atoms with van der Waals surface area (Å²) in [5, 5.41) is 0. The first-order valence-electron chi connectivity index (χ1n) is 11.6. The summed E-state index contributed by atoms with van der Waals surface area (Å²) in [6.07, 6.45) is 10.5. The third-order valence-electron chi connectivity index (χ3n) is 7.16. The molecule has 1 amide bonds. The standard InChI is InChI=1S/C24H34F2N2O2/c1-3-4-5-6-17-9-18-7-8-19(10-17)27(18)13-16(2)14-28-22-11-20(25)21(26)12-23(22)30-15-24(28)29/h11-12,16-19H,3-10,13-15H2,1-2H3/t16-,17?,18+,19?/m1/s1. The molecule has 6 heteroatoms. The van der Waals surface area contributed by atoms with Crippen LogP contribution in [0.1, 0.15) is 65.2 Å². The largest absolute Gasteiger partial charge is 0.481 e. The number of anilines is 1. The third kappa shape index (κ3) is 4.48. The number of unbranched alkanes of at least 4 members (excludes halogenated alkanes) is 2. The van der Waals surface area contributed by atoms with Crippen molar-refractivity contribution in [2.75, 3.05) is 24.6 Å². The highest BCUT2D eigenvalue weighted by molar-refractivity contribution is 5.97. The van der Waals surface area contributed by atoms with Gasteiger partial charge in [0.1, 0.15) is 5.75 Å². The van der Waals surface area contributed by atoms with Gasteiger partial charge in [-0.15, -0.1) is 0 Å². The van der Waals surface area contributed by atoms with Crippen molar-refractivity contribution in [3.63, 3.8) is 0 Å². The molecule has 0 radical (unpaired) electrons. The summed E-state index contributed by atoms with van der Waals surface area (Å²) >= 11 is 0. The van der Waals surface area contributed by atoms with E-state index in [1.165, 1.54) is 51.4 Å². The predicted octanol–water partition coefficient (Wildman–Crippen LogP) is 5.15. The van der Waals surface area contributed by atoms with Gasteiger partial charge in [0.25, 0.3) is 5.91 Å². The molecule has 4 nitrogen and oxygen atoms in total. The number of rotatable bonds is 8. The Balaban J connectivity index is 1.37. The molecule has 0 spiro atoms. The van der Waals surface area contributed by atoms with Crippen LogP contribution in [0.3, 0.4) is 0 Å². The molecule has 0 aliphatic carbocycles. The smallest absolute Gasteiger partial charge is 0.265 e. The van der Waals surface area contributed by atoms with Gasteiger partial charge in [-0.25, -0.2) is 8.78 Å². The van der Waals surface area contributed by atoms with Crippen LogP contribution in [0.15, 0.2) is 12.1 Å². The minimum absolute atomic E-state index is 0.126. The number of piperidine rings is 1. The number of hydrogen-bond donors (Lipinski definition) is 0. The van der Waals surface area contributed by atoms with Crippen molar-refractivity contribution in [1.82, 2.24) is 4.90 Å². The molecule has 1 aromatic rings. The Kier molecular flexibility index (Phi) is 6.61. The summed E-state index contributed by atoms with van der Waals surface area (Å²) in [6.45, 7) is 5.72. The zero-order chi connectivity index (χ0) is 21.3. The van der Waals surface area contributed by atoms with Crippen molar-refractivity contribution >= 4 is 11.6 Å². The van der Waals surface area contributed by atoms with E-state index in [4.69, 9.17) is 4.74 Å². The first kappa shape index (κ1) is 21.5. The highest BCUT2D eigenvalue weighted by atomic mass is 19.2. The number of amides is 1. The van der Waals surface area contributed by atoms with Crippen LogP contribution >= 0.6 is 0 Å². The summed E-state index contributed by atoms with van der Waals surface area (Å²) in [7, 11) is 0. The normalized spacial score (nSPS) is 27.1. The maximum Gasteiger partial charge on any atom is 0.265 e. The van der Waals surface area contributed by atoms with Crippen LogP contribution < -0.4 is 9.64 Å². The van der Waals surface area contributed by atoms with Gasteiger partial charge in [0.15, 0.2) is 18.2 Å². The fourth-order valence-electron chi connectivity index (χ4n) is 5.73. The van der Waals surface area contributed by atoms with Crippen LogP contribution in [0.2, 0.25) is 0 Å². The molecule has 1 aromatic carbocycles. The number of hydrogen-bond acceptors (Lipinski definition) is 3. The van der Waals surface area contributed by atoms with E-state index < -0.39 is 11.6 Å². The SMILES string of the molecule is CCCCCC1CC2CC[C@@H](C1)N2C[C@@H](C)CN1C(=O)COc2cc(F)c(F)cc21. The second kappa shape index (κ2) is 9.21. The molecule has 2 saturated heterocycles. The van der Waals surface area contributed by atoms with Gasteiger partial charge in [-0.2, -0.15) is 0 Å². The lowest BCUT2D eigenvalue weighted by atomic mass is 9.86. The van der Waals surface area contributed by atoms with Gasteiger partial charge in [0, 0.05) is 37.3 Å². The Bertz CT molecular complexity index is 758. The number of carbonyl (C=O) groups is 1. The molecule has 3 aliphatic heterocycles. The number of fused-ring (bicyclic) bond motifs is 3. The van der Waals surface area contributed by atoms with Gasteiger partial charge < -0.3 is 9.64 Å². The average Bonchev–Trinajstić information content (AvgIpc) is 2.94. The first-order chi connectivity index (χ1) is 14.5. The molecule has 3 heterocycles. The van der Waals surface area contributed by atoms with Crippen molar-refractivity contribution in [1.29, 1.82) is 0 Å². The van der Waals surface area contributed by atoms with Crippen LogP contribution in [0.4, 0.5) is 14.5 Å². The molecular weight excluding hydrogens is 386 g/mol. The van der Waals surface area contributed by atoms with E-state index in [1.807, 2.05) is 0 Å². The summed E-state index contributed by atoms with van der Waals surface area (Å²) in [6, 6.07) is 3.45. The summed E-state index contributed by atoms with van der Waals surface area (Å²) in [5.41, 5.74) is 0.342. The van der Waals surface area contributed by atoms with Crippen molar-refractivity contribution in [3.05, 3.63) is 23.8 Å². The van der Waals surface area contributed by atoms with Crippen LogP contribution in [0.5, 0.6) is 5.75 Å². The van der Waals surface area contributed by atoms with Crippen molar-refractivity contribution in [3.8, 4) is 5.75 Å². The van der Waals surface area contributed by atoms with E-state index >= 15 is 0 Å².